The molecule has 166 valence electrons. The van der Waals surface area contributed by atoms with Crippen molar-refractivity contribution in [2.24, 2.45) is 5.92 Å². The van der Waals surface area contributed by atoms with Crippen molar-refractivity contribution in [1.29, 1.82) is 0 Å². The molecule has 1 amide bonds. The number of likely N-dealkylation sites (tertiary alicyclic amines) is 1. The molecule has 0 unspecified atom stereocenters. The first-order valence-electron chi connectivity index (χ1n) is 11.2. The Morgan fingerprint density at radius 2 is 1.94 bits per heavy atom. The van der Waals surface area contributed by atoms with Gasteiger partial charge in [0.25, 0.3) is 5.91 Å². The number of fused-ring (bicyclic) bond motifs is 1. The number of nitrogens with zero attached hydrogens (tertiary/aromatic N) is 3. The summed E-state index contributed by atoms with van der Waals surface area (Å²) in [6, 6.07) is 4.17. The molecule has 4 rings (SSSR count). The Bertz CT molecular complexity index is 985. The van der Waals surface area contributed by atoms with Gasteiger partial charge in [-0.3, -0.25) is 9.36 Å². The van der Waals surface area contributed by atoms with E-state index >= 15 is 0 Å². The van der Waals surface area contributed by atoms with Crippen molar-refractivity contribution in [2.45, 2.75) is 65.3 Å². The van der Waals surface area contributed by atoms with Gasteiger partial charge in [-0.1, -0.05) is 18.0 Å². The zero-order chi connectivity index (χ0) is 22.0. The lowest BCUT2D eigenvalue weighted by Crippen LogP contribution is -2.50. The number of hydrogen-bond donors (Lipinski definition) is 0. The van der Waals surface area contributed by atoms with Gasteiger partial charge in [0, 0.05) is 36.1 Å². The van der Waals surface area contributed by atoms with Crippen molar-refractivity contribution in [2.75, 3.05) is 13.2 Å². The summed E-state index contributed by atoms with van der Waals surface area (Å²) >= 11 is 0. The molecule has 0 aromatic carbocycles. The van der Waals surface area contributed by atoms with Gasteiger partial charge in [-0.2, -0.15) is 0 Å². The minimum Gasteiger partial charge on any atom is -0.452 e. The molecule has 0 spiro atoms. The average Bonchev–Trinajstić information content (AvgIpc) is 3.31. The van der Waals surface area contributed by atoms with Crippen molar-refractivity contribution < 1.29 is 18.8 Å². The van der Waals surface area contributed by atoms with E-state index in [1.54, 1.807) is 6.08 Å². The third-order valence-electron chi connectivity index (χ3n) is 6.62. The van der Waals surface area contributed by atoms with E-state index in [4.69, 9.17) is 9.26 Å². The Morgan fingerprint density at radius 3 is 2.71 bits per heavy atom. The fourth-order valence-corrected chi connectivity index (χ4v) is 5.12. The molecule has 1 aliphatic carbocycles. The SMILES string of the molecule is Cc1cc(-n2c(C)cc(/C=C/C(=O)OCC(=O)N3CCC[C@H]4CCCC[C@@H]43)c2C)no1. The number of aryl methyl sites for hydroxylation is 2. The molecule has 7 nitrogen and oxygen atoms in total. The molecular weight excluding hydrogens is 394 g/mol. The quantitative estimate of drug-likeness (QED) is 0.532. The summed E-state index contributed by atoms with van der Waals surface area (Å²) in [6.45, 7) is 6.37. The minimum absolute atomic E-state index is 0.0714. The van der Waals surface area contributed by atoms with Gasteiger partial charge in [-0.05, 0) is 70.1 Å². The molecule has 1 saturated carbocycles. The van der Waals surface area contributed by atoms with Gasteiger partial charge in [0.15, 0.2) is 12.4 Å². The third-order valence-corrected chi connectivity index (χ3v) is 6.62. The lowest BCUT2D eigenvalue weighted by atomic mass is 9.78. The maximum Gasteiger partial charge on any atom is 0.331 e. The Morgan fingerprint density at radius 1 is 1.16 bits per heavy atom. The topological polar surface area (TPSA) is 77.6 Å². The summed E-state index contributed by atoms with van der Waals surface area (Å²) in [5.74, 6) is 1.49. The van der Waals surface area contributed by atoms with E-state index in [9.17, 15) is 9.59 Å². The number of rotatable bonds is 5. The molecule has 2 fully saturated rings. The van der Waals surface area contributed by atoms with Crippen molar-refractivity contribution in [3.8, 4) is 5.82 Å². The van der Waals surface area contributed by atoms with E-state index in [0.717, 1.165) is 42.1 Å². The summed E-state index contributed by atoms with van der Waals surface area (Å²) in [4.78, 5) is 26.9. The van der Waals surface area contributed by atoms with Crippen LogP contribution in [0.25, 0.3) is 11.9 Å². The maximum absolute atomic E-state index is 12.7. The molecule has 0 N–H and O–H groups in total. The number of esters is 1. The molecular formula is C24H31N3O4. The highest BCUT2D eigenvalue weighted by Gasteiger charge is 2.35. The first-order valence-corrected chi connectivity index (χ1v) is 11.2. The zero-order valence-electron chi connectivity index (χ0n) is 18.6. The van der Waals surface area contributed by atoms with Gasteiger partial charge in [-0.15, -0.1) is 0 Å². The fourth-order valence-electron chi connectivity index (χ4n) is 5.12. The predicted molar refractivity (Wildman–Crippen MR) is 117 cm³/mol. The smallest absolute Gasteiger partial charge is 0.331 e. The summed E-state index contributed by atoms with van der Waals surface area (Å²) in [5, 5.41) is 4.07. The molecule has 1 aliphatic heterocycles. The van der Waals surface area contributed by atoms with Crippen LogP contribution in [0.2, 0.25) is 0 Å². The first kappa shape index (κ1) is 21.4. The minimum atomic E-state index is -0.507. The van der Waals surface area contributed by atoms with Crippen LogP contribution >= 0.6 is 0 Å². The van der Waals surface area contributed by atoms with Crippen LogP contribution in [-0.2, 0) is 14.3 Å². The van der Waals surface area contributed by atoms with Crippen LogP contribution < -0.4 is 0 Å². The zero-order valence-corrected chi connectivity index (χ0v) is 18.6. The van der Waals surface area contributed by atoms with Gasteiger partial charge >= 0.3 is 5.97 Å². The monoisotopic (exact) mass is 425 g/mol. The van der Waals surface area contributed by atoms with Gasteiger partial charge in [0.1, 0.15) is 5.76 Å². The van der Waals surface area contributed by atoms with E-state index in [1.165, 1.54) is 31.8 Å². The maximum atomic E-state index is 12.7. The lowest BCUT2D eigenvalue weighted by molar-refractivity contribution is -0.151. The molecule has 31 heavy (non-hydrogen) atoms. The molecule has 3 heterocycles. The highest BCUT2D eigenvalue weighted by Crippen LogP contribution is 2.35. The van der Waals surface area contributed by atoms with Crippen molar-refractivity contribution in [3.05, 3.63) is 40.9 Å². The number of hydrogen-bond acceptors (Lipinski definition) is 5. The second-order valence-electron chi connectivity index (χ2n) is 8.74. The van der Waals surface area contributed by atoms with Crippen LogP contribution in [0.5, 0.6) is 0 Å². The largest absolute Gasteiger partial charge is 0.452 e. The second-order valence-corrected chi connectivity index (χ2v) is 8.74. The van der Waals surface area contributed by atoms with E-state index < -0.39 is 5.97 Å². The summed E-state index contributed by atoms with van der Waals surface area (Å²) in [5.41, 5.74) is 2.83. The Hall–Kier alpha value is -2.83. The summed E-state index contributed by atoms with van der Waals surface area (Å²) in [7, 11) is 0. The van der Waals surface area contributed by atoms with Gasteiger partial charge in [0.05, 0.1) is 0 Å². The van der Waals surface area contributed by atoms with Crippen LogP contribution in [0.4, 0.5) is 0 Å². The highest BCUT2D eigenvalue weighted by molar-refractivity contribution is 5.89. The standard InChI is InChI=1S/C24H31N3O4/c1-16-13-20(18(3)27(16)22-14-17(2)31-25-22)10-11-24(29)30-15-23(28)26-12-6-8-19-7-4-5-9-21(19)26/h10-11,13-14,19,21H,4-9,12,15H2,1-3H3/b11-10+/t19-,21+/m1/s1. The van der Waals surface area contributed by atoms with Gasteiger partial charge < -0.3 is 14.2 Å². The van der Waals surface area contributed by atoms with Crippen LogP contribution in [0.3, 0.4) is 0 Å². The molecule has 7 heteroatoms. The number of amides is 1. The number of carbonyl (C=O) groups excluding carboxylic acids is 2. The Kier molecular flexibility index (Phi) is 6.30. The summed E-state index contributed by atoms with van der Waals surface area (Å²) < 4.78 is 12.4. The van der Waals surface area contributed by atoms with Crippen molar-refractivity contribution in [3.63, 3.8) is 0 Å². The molecule has 2 atom stereocenters. The average molecular weight is 426 g/mol. The van der Waals surface area contributed by atoms with Crippen LogP contribution in [0, 0.1) is 26.7 Å². The van der Waals surface area contributed by atoms with E-state index in [2.05, 4.69) is 5.16 Å². The Balaban J connectivity index is 1.35. The molecule has 0 radical (unpaired) electrons. The number of aromatic nitrogens is 2. The summed E-state index contributed by atoms with van der Waals surface area (Å²) in [6.07, 6.45) is 10.1. The van der Waals surface area contributed by atoms with E-state index in [-0.39, 0.29) is 12.5 Å². The van der Waals surface area contributed by atoms with Crippen LogP contribution in [0.1, 0.15) is 61.2 Å². The molecule has 1 saturated heterocycles. The predicted octanol–water partition coefficient (Wildman–Crippen LogP) is 4.13. The second kappa shape index (κ2) is 9.12. The van der Waals surface area contributed by atoms with Crippen LogP contribution in [-0.4, -0.2) is 45.7 Å². The first-order chi connectivity index (χ1) is 14.9. The number of carbonyl (C=O) groups is 2. The molecule has 2 aromatic rings. The van der Waals surface area contributed by atoms with Crippen LogP contribution in [0.15, 0.2) is 22.7 Å². The number of ether oxygens (including phenoxy) is 1. The van der Waals surface area contributed by atoms with E-state index in [1.807, 2.05) is 42.4 Å². The number of piperidine rings is 1. The lowest BCUT2D eigenvalue weighted by Gasteiger charge is -2.44. The van der Waals surface area contributed by atoms with Crippen molar-refractivity contribution in [1.82, 2.24) is 14.6 Å². The fraction of sp³-hybridized carbons (Fsp3) is 0.542. The Labute approximate surface area is 183 Å². The normalized spacial score (nSPS) is 21.3. The highest BCUT2D eigenvalue weighted by atomic mass is 16.5. The van der Waals surface area contributed by atoms with Crippen molar-refractivity contribution >= 4 is 18.0 Å². The third kappa shape index (κ3) is 4.60. The molecule has 2 aromatic heterocycles. The molecule has 2 aliphatic rings. The van der Waals surface area contributed by atoms with E-state index in [0.29, 0.717) is 17.8 Å². The van der Waals surface area contributed by atoms with Gasteiger partial charge in [-0.25, -0.2) is 4.79 Å². The van der Waals surface area contributed by atoms with Gasteiger partial charge in [0.2, 0.25) is 0 Å². The molecule has 0 bridgehead atoms.